The summed E-state index contributed by atoms with van der Waals surface area (Å²) in [6.07, 6.45) is 0.866. The topological polar surface area (TPSA) is 100 Å². The van der Waals surface area contributed by atoms with E-state index in [1.807, 2.05) is 56.6 Å². The molecule has 9 heteroatoms. The molecule has 2 aromatic carbocycles. The number of rotatable bonds is 11. The fourth-order valence-corrected chi connectivity index (χ4v) is 4.04. The molecule has 1 unspecified atom stereocenters. The molecule has 3 amide bonds. The predicted molar refractivity (Wildman–Crippen MR) is 133 cm³/mol. The van der Waals surface area contributed by atoms with E-state index in [4.69, 9.17) is 9.47 Å². The van der Waals surface area contributed by atoms with E-state index in [0.717, 1.165) is 11.1 Å². The van der Waals surface area contributed by atoms with Gasteiger partial charge in [0, 0.05) is 31.7 Å². The van der Waals surface area contributed by atoms with Gasteiger partial charge in [-0.05, 0) is 55.9 Å². The Balaban J connectivity index is 1.49. The first-order valence-corrected chi connectivity index (χ1v) is 11.6. The van der Waals surface area contributed by atoms with Crippen LogP contribution >= 0.6 is 0 Å². The highest BCUT2D eigenvalue weighted by molar-refractivity contribution is 5.92. The van der Waals surface area contributed by atoms with Crippen LogP contribution in [0.4, 0.5) is 5.69 Å². The first-order valence-electron chi connectivity index (χ1n) is 11.6. The van der Waals surface area contributed by atoms with Gasteiger partial charge < -0.3 is 29.9 Å². The quantitative estimate of drug-likeness (QED) is 0.508. The van der Waals surface area contributed by atoms with Crippen molar-refractivity contribution in [3.05, 3.63) is 53.6 Å². The van der Waals surface area contributed by atoms with E-state index in [1.54, 1.807) is 24.0 Å². The van der Waals surface area contributed by atoms with Gasteiger partial charge in [-0.25, -0.2) is 0 Å². The minimum atomic E-state index is -0.379. The summed E-state index contributed by atoms with van der Waals surface area (Å²) in [6, 6.07) is 13.1. The number of nitrogens with one attached hydrogen (secondary N) is 2. The second kappa shape index (κ2) is 12.2. The summed E-state index contributed by atoms with van der Waals surface area (Å²) in [6.45, 7) is 1.55. The van der Waals surface area contributed by atoms with E-state index in [1.165, 1.54) is 0 Å². The fourth-order valence-electron chi connectivity index (χ4n) is 4.04. The zero-order valence-electron chi connectivity index (χ0n) is 20.8. The number of likely N-dealkylation sites (N-methyl/N-ethyl adjacent to an activating group) is 1. The number of anilines is 1. The number of methoxy groups -OCH3 is 2. The van der Waals surface area contributed by atoms with Crippen molar-refractivity contribution in [3.63, 3.8) is 0 Å². The molecule has 0 radical (unpaired) electrons. The van der Waals surface area contributed by atoms with Gasteiger partial charge in [-0.2, -0.15) is 0 Å². The van der Waals surface area contributed by atoms with Crippen LogP contribution in [0.1, 0.15) is 17.5 Å². The van der Waals surface area contributed by atoms with Crippen LogP contribution in [0.2, 0.25) is 0 Å². The van der Waals surface area contributed by atoms with E-state index in [-0.39, 0.29) is 30.1 Å². The second-order valence-electron chi connectivity index (χ2n) is 8.88. The van der Waals surface area contributed by atoms with Crippen LogP contribution in [0.5, 0.6) is 11.5 Å². The van der Waals surface area contributed by atoms with Gasteiger partial charge in [0.25, 0.3) is 0 Å². The molecule has 0 aromatic heterocycles. The SMILES string of the molecule is COc1ccc(CCN2CC(C(=O)NCc3cccc(NC(=O)CN(C)C)c3)CC2=O)cc1OC. The number of likely N-dealkylation sites (tertiary alicyclic amines) is 1. The number of carbonyl (C=O) groups excluding carboxylic acids is 3. The number of nitrogens with zero attached hydrogens (tertiary/aromatic N) is 2. The lowest BCUT2D eigenvalue weighted by molar-refractivity contribution is -0.129. The number of hydrogen-bond donors (Lipinski definition) is 2. The van der Waals surface area contributed by atoms with Crippen molar-refractivity contribution >= 4 is 23.4 Å². The van der Waals surface area contributed by atoms with Gasteiger partial charge in [0.1, 0.15) is 0 Å². The Hall–Kier alpha value is -3.59. The molecule has 1 aliphatic heterocycles. The van der Waals surface area contributed by atoms with E-state index in [0.29, 0.717) is 49.8 Å². The molecular formula is C26H34N4O5. The van der Waals surface area contributed by atoms with Crippen molar-refractivity contribution in [3.8, 4) is 11.5 Å². The molecule has 1 atom stereocenters. The van der Waals surface area contributed by atoms with Crippen LogP contribution in [-0.4, -0.2) is 75.5 Å². The zero-order chi connectivity index (χ0) is 25.4. The summed E-state index contributed by atoms with van der Waals surface area (Å²) < 4.78 is 10.6. The standard InChI is InChI=1S/C26H34N4O5/c1-29(2)17-24(31)28-21-7-5-6-19(12-21)15-27-26(33)20-14-25(32)30(16-20)11-10-18-8-9-22(34-3)23(13-18)35-4/h5-9,12-13,20H,10-11,14-17H2,1-4H3,(H,27,33)(H,28,31). The number of ether oxygens (including phenoxy) is 2. The van der Waals surface area contributed by atoms with Gasteiger partial charge in [0.15, 0.2) is 11.5 Å². The van der Waals surface area contributed by atoms with Gasteiger partial charge in [-0.3, -0.25) is 14.4 Å². The lowest BCUT2D eigenvalue weighted by Crippen LogP contribution is -2.33. The Bertz CT molecular complexity index is 1060. The molecule has 9 nitrogen and oxygen atoms in total. The molecule has 0 saturated carbocycles. The average molecular weight is 483 g/mol. The average Bonchev–Trinajstić information content (AvgIpc) is 3.21. The summed E-state index contributed by atoms with van der Waals surface area (Å²) in [4.78, 5) is 40.7. The highest BCUT2D eigenvalue weighted by atomic mass is 16.5. The molecule has 1 heterocycles. The number of carbonyl (C=O) groups is 3. The molecule has 3 rings (SSSR count). The second-order valence-corrected chi connectivity index (χ2v) is 8.88. The Labute approximate surface area is 206 Å². The van der Waals surface area contributed by atoms with Crippen molar-refractivity contribution in [2.45, 2.75) is 19.4 Å². The van der Waals surface area contributed by atoms with Gasteiger partial charge >= 0.3 is 0 Å². The number of hydrogen-bond acceptors (Lipinski definition) is 6. The van der Waals surface area contributed by atoms with Crippen LogP contribution in [0.3, 0.4) is 0 Å². The molecule has 0 spiro atoms. The lowest BCUT2D eigenvalue weighted by Gasteiger charge is -2.17. The Morgan fingerprint density at radius 1 is 1.06 bits per heavy atom. The monoisotopic (exact) mass is 482 g/mol. The molecule has 188 valence electrons. The van der Waals surface area contributed by atoms with Crippen molar-refractivity contribution in [1.82, 2.24) is 15.1 Å². The van der Waals surface area contributed by atoms with Crippen LogP contribution < -0.4 is 20.1 Å². The predicted octanol–water partition coefficient (Wildman–Crippen LogP) is 1.91. The molecule has 1 saturated heterocycles. The Kier molecular flexibility index (Phi) is 9.08. The third-order valence-corrected chi connectivity index (χ3v) is 5.84. The summed E-state index contributed by atoms with van der Waals surface area (Å²) in [5.74, 6) is 0.665. The molecular weight excluding hydrogens is 448 g/mol. The van der Waals surface area contributed by atoms with Gasteiger partial charge in [0.05, 0.1) is 26.7 Å². The Morgan fingerprint density at radius 3 is 2.54 bits per heavy atom. The van der Waals surface area contributed by atoms with Crippen LogP contribution in [-0.2, 0) is 27.3 Å². The molecule has 0 bridgehead atoms. The highest BCUT2D eigenvalue weighted by Gasteiger charge is 2.33. The third-order valence-electron chi connectivity index (χ3n) is 5.84. The molecule has 2 N–H and O–H groups in total. The first-order chi connectivity index (χ1) is 16.8. The summed E-state index contributed by atoms with van der Waals surface area (Å²) in [5, 5.41) is 5.78. The zero-order valence-corrected chi connectivity index (χ0v) is 20.8. The van der Waals surface area contributed by atoms with Crippen molar-refractivity contribution in [2.75, 3.05) is 53.3 Å². The van der Waals surface area contributed by atoms with E-state index in [2.05, 4.69) is 10.6 Å². The van der Waals surface area contributed by atoms with E-state index in [9.17, 15) is 14.4 Å². The first kappa shape index (κ1) is 26.0. The van der Waals surface area contributed by atoms with Gasteiger partial charge in [-0.15, -0.1) is 0 Å². The molecule has 1 aliphatic rings. The van der Waals surface area contributed by atoms with Crippen LogP contribution in [0.15, 0.2) is 42.5 Å². The maximum absolute atomic E-state index is 12.7. The third kappa shape index (κ3) is 7.45. The summed E-state index contributed by atoms with van der Waals surface area (Å²) in [5.41, 5.74) is 2.58. The molecule has 1 fully saturated rings. The molecule has 0 aliphatic carbocycles. The normalized spacial score (nSPS) is 15.3. The van der Waals surface area contributed by atoms with Crippen molar-refractivity contribution in [2.24, 2.45) is 5.92 Å². The number of benzene rings is 2. The van der Waals surface area contributed by atoms with Gasteiger partial charge in [0.2, 0.25) is 17.7 Å². The minimum Gasteiger partial charge on any atom is -0.493 e. The minimum absolute atomic E-state index is 0.0174. The van der Waals surface area contributed by atoms with E-state index >= 15 is 0 Å². The van der Waals surface area contributed by atoms with E-state index < -0.39 is 0 Å². The smallest absolute Gasteiger partial charge is 0.238 e. The Morgan fingerprint density at radius 2 is 1.83 bits per heavy atom. The number of amides is 3. The molecule has 2 aromatic rings. The molecule has 35 heavy (non-hydrogen) atoms. The summed E-state index contributed by atoms with van der Waals surface area (Å²) >= 11 is 0. The summed E-state index contributed by atoms with van der Waals surface area (Å²) in [7, 11) is 6.84. The maximum Gasteiger partial charge on any atom is 0.238 e. The lowest BCUT2D eigenvalue weighted by atomic mass is 10.1. The van der Waals surface area contributed by atoms with Crippen LogP contribution in [0.25, 0.3) is 0 Å². The largest absolute Gasteiger partial charge is 0.493 e. The van der Waals surface area contributed by atoms with Crippen molar-refractivity contribution < 1.29 is 23.9 Å². The fraction of sp³-hybridized carbons (Fsp3) is 0.423. The van der Waals surface area contributed by atoms with Crippen molar-refractivity contribution in [1.29, 1.82) is 0 Å². The van der Waals surface area contributed by atoms with Gasteiger partial charge in [-0.1, -0.05) is 18.2 Å². The van der Waals surface area contributed by atoms with Crippen LogP contribution in [0, 0.1) is 5.92 Å². The highest BCUT2D eigenvalue weighted by Crippen LogP contribution is 2.28. The maximum atomic E-state index is 12.7.